The molecular formula is C12H4Cl3F8N3O4. The van der Waals surface area contributed by atoms with Crippen LogP contribution in [0.15, 0.2) is 12.1 Å². The molecule has 2 amide bonds. The number of imide groups is 1. The molecule has 30 heavy (non-hydrogen) atoms. The largest absolute Gasteiger partial charge is 0.463 e. The summed E-state index contributed by atoms with van der Waals surface area (Å²) in [5.74, 6) is -12.4. The van der Waals surface area contributed by atoms with Crippen molar-refractivity contribution in [3.05, 3.63) is 27.8 Å². The second kappa shape index (κ2) is 7.85. The molecule has 7 nitrogen and oxygen atoms in total. The number of nitrogens with two attached hydrogens (primary N) is 1. The number of nitro benzene ring substituents is 1. The Morgan fingerprint density at radius 1 is 0.967 bits per heavy atom. The number of nitro groups is 1. The lowest BCUT2D eigenvalue weighted by molar-refractivity contribution is -0.384. The summed E-state index contributed by atoms with van der Waals surface area (Å²) in [5, 5.41) is 11.1. The number of carbonyl (C=O) groups excluding carboxylic acids is 2. The van der Waals surface area contributed by atoms with E-state index in [2.05, 4.69) is 0 Å². The SMILES string of the molecule is Nc1cc(C(F)(F)F)cc([N+](=O)[O-])c1N(C(=O)C(Cl)(Cl)Cl)C(=O)C(F)(F)C(F)(F)F. The van der Waals surface area contributed by atoms with Crippen molar-refractivity contribution in [1.82, 2.24) is 0 Å². The van der Waals surface area contributed by atoms with Crippen LogP contribution >= 0.6 is 34.8 Å². The summed E-state index contributed by atoms with van der Waals surface area (Å²) in [5.41, 5.74) is -2.13. The molecule has 0 aliphatic carbocycles. The number of alkyl halides is 11. The van der Waals surface area contributed by atoms with Crippen LogP contribution in [0.5, 0.6) is 0 Å². The lowest BCUT2D eigenvalue weighted by atomic mass is 10.1. The molecule has 0 spiro atoms. The lowest BCUT2D eigenvalue weighted by Crippen LogP contribution is -2.56. The molecule has 18 heteroatoms. The predicted molar refractivity (Wildman–Crippen MR) is 86.3 cm³/mol. The molecule has 0 heterocycles. The van der Waals surface area contributed by atoms with Gasteiger partial charge in [-0.05, 0) is 6.07 Å². The number of halogens is 11. The minimum atomic E-state index is -6.65. The Morgan fingerprint density at radius 3 is 1.77 bits per heavy atom. The van der Waals surface area contributed by atoms with Gasteiger partial charge < -0.3 is 5.73 Å². The molecule has 0 aromatic heterocycles. The average molecular weight is 513 g/mol. The minimum Gasteiger partial charge on any atom is -0.397 e. The van der Waals surface area contributed by atoms with E-state index >= 15 is 0 Å². The molecule has 1 rings (SSSR count). The highest BCUT2D eigenvalue weighted by Crippen LogP contribution is 2.46. The highest BCUT2D eigenvalue weighted by atomic mass is 35.6. The molecule has 1 aromatic rings. The molecule has 0 bridgehead atoms. The van der Waals surface area contributed by atoms with Gasteiger partial charge in [-0.3, -0.25) is 19.7 Å². The Bertz CT molecular complexity index is 898. The van der Waals surface area contributed by atoms with Gasteiger partial charge in [0.1, 0.15) is 0 Å². The van der Waals surface area contributed by atoms with E-state index in [0.717, 1.165) is 0 Å². The zero-order chi connectivity index (χ0) is 24.0. The van der Waals surface area contributed by atoms with E-state index in [0.29, 0.717) is 0 Å². The minimum absolute atomic E-state index is 0.167. The Balaban J connectivity index is 3.99. The van der Waals surface area contributed by atoms with E-state index in [1.807, 2.05) is 0 Å². The summed E-state index contributed by atoms with van der Waals surface area (Å²) in [6, 6.07) is -0.538. The Kier molecular flexibility index (Phi) is 6.78. The van der Waals surface area contributed by atoms with Crippen molar-refractivity contribution in [2.45, 2.75) is 22.1 Å². The van der Waals surface area contributed by atoms with Crippen LogP contribution in [0.4, 0.5) is 52.2 Å². The van der Waals surface area contributed by atoms with Crippen molar-refractivity contribution in [2.75, 3.05) is 10.6 Å². The van der Waals surface area contributed by atoms with Crippen molar-refractivity contribution in [2.24, 2.45) is 0 Å². The maximum absolute atomic E-state index is 13.6. The van der Waals surface area contributed by atoms with Gasteiger partial charge in [-0.2, -0.15) is 35.1 Å². The third-order valence-electron chi connectivity index (χ3n) is 3.14. The van der Waals surface area contributed by atoms with Crippen LogP contribution in [0.25, 0.3) is 0 Å². The first-order valence-electron chi connectivity index (χ1n) is 6.69. The summed E-state index contributed by atoms with van der Waals surface area (Å²) in [7, 11) is 0. The molecule has 2 N–H and O–H groups in total. The van der Waals surface area contributed by atoms with Crippen LogP contribution in [0, 0.1) is 10.1 Å². The van der Waals surface area contributed by atoms with E-state index in [1.165, 1.54) is 0 Å². The molecular weight excluding hydrogens is 508 g/mol. The fraction of sp³-hybridized carbons (Fsp3) is 0.333. The van der Waals surface area contributed by atoms with Gasteiger partial charge in [0.2, 0.25) is 0 Å². The van der Waals surface area contributed by atoms with Crippen LogP contribution in [-0.4, -0.2) is 32.6 Å². The van der Waals surface area contributed by atoms with Gasteiger partial charge in [0, 0.05) is 6.07 Å². The van der Waals surface area contributed by atoms with Gasteiger partial charge in [0.25, 0.3) is 15.4 Å². The zero-order valence-corrected chi connectivity index (χ0v) is 15.7. The van der Waals surface area contributed by atoms with Gasteiger partial charge in [0.05, 0.1) is 16.2 Å². The van der Waals surface area contributed by atoms with Gasteiger partial charge in [-0.1, -0.05) is 34.8 Å². The van der Waals surface area contributed by atoms with Gasteiger partial charge >= 0.3 is 24.2 Å². The van der Waals surface area contributed by atoms with Crippen LogP contribution in [-0.2, 0) is 15.8 Å². The second-order valence-corrected chi connectivity index (χ2v) is 7.48. The van der Waals surface area contributed by atoms with E-state index < -0.39 is 66.3 Å². The first-order valence-corrected chi connectivity index (χ1v) is 7.82. The van der Waals surface area contributed by atoms with Crippen molar-refractivity contribution >= 4 is 63.7 Å². The standard InChI is InChI=1S/C12H4Cl3F8N3O4/c13-10(14,15)8(28)25(7(27)9(16,17)12(21,22)23)6-4(24)1-3(11(18,19)20)2-5(6)26(29)30/h1-2H,24H2. The number of hydrogen-bond acceptors (Lipinski definition) is 5. The average Bonchev–Trinajstić information content (AvgIpc) is 2.52. The molecule has 0 aliphatic heterocycles. The van der Waals surface area contributed by atoms with E-state index in [9.17, 15) is 54.8 Å². The molecule has 168 valence electrons. The topological polar surface area (TPSA) is 107 Å². The van der Waals surface area contributed by atoms with E-state index in [1.54, 1.807) is 0 Å². The quantitative estimate of drug-likeness (QED) is 0.209. The number of hydrogen-bond donors (Lipinski definition) is 1. The summed E-state index contributed by atoms with van der Waals surface area (Å²) in [6.45, 7) is 0. The summed E-state index contributed by atoms with van der Waals surface area (Å²) >= 11 is 15.3. The van der Waals surface area contributed by atoms with Gasteiger partial charge in [-0.25, -0.2) is 4.90 Å². The molecule has 0 aliphatic rings. The third kappa shape index (κ3) is 4.95. The van der Waals surface area contributed by atoms with Crippen LogP contribution in [0.1, 0.15) is 5.56 Å². The number of rotatable bonds is 3. The zero-order valence-electron chi connectivity index (χ0n) is 13.4. The highest BCUT2D eigenvalue weighted by Gasteiger charge is 2.67. The Hall–Kier alpha value is -2.13. The number of amides is 2. The van der Waals surface area contributed by atoms with Crippen molar-refractivity contribution in [3.63, 3.8) is 0 Å². The normalized spacial score (nSPS) is 13.2. The number of anilines is 2. The van der Waals surface area contributed by atoms with Crippen molar-refractivity contribution < 1.29 is 49.6 Å². The molecule has 0 fully saturated rings. The number of benzene rings is 1. The second-order valence-electron chi connectivity index (χ2n) is 5.20. The Morgan fingerprint density at radius 2 is 1.43 bits per heavy atom. The van der Waals surface area contributed by atoms with Crippen LogP contribution < -0.4 is 10.6 Å². The molecule has 0 atom stereocenters. The Labute approximate surface area is 174 Å². The molecule has 0 saturated heterocycles. The van der Waals surface area contributed by atoms with Crippen LogP contribution in [0.2, 0.25) is 0 Å². The fourth-order valence-electron chi connectivity index (χ4n) is 1.87. The summed E-state index contributed by atoms with van der Waals surface area (Å²) in [4.78, 5) is 32.1. The highest BCUT2D eigenvalue weighted by molar-refractivity contribution is 6.77. The predicted octanol–water partition coefficient (Wildman–Crippen LogP) is 4.62. The first-order chi connectivity index (χ1) is 13.1. The first kappa shape index (κ1) is 25.9. The number of carbonyl (C=O) groups is 2. The summed E-state index contributed by atoms with van der Waals surface area (Å²) < 4.78 is 99.9. The number of nitrogens with zero attached hydrogens (tertiary/aromatic N) is 2. The van der Waals surface area contributed by atoms with Crippen LogP contribution in [0.3, 0.4) is 0 Å². The van der Waals surface area contributed by atoms with Crippen molar-refractivity contribution in [1.29, 1.82) is 0 Å². The molecule has 0 saturated carbocycles. The van der Waals surface area contributed by atoms with E-state index in [-0.39, 0.29) is 12.1 Å². The van der Waals surface area contributed by atoms with Crippen molar-refractivity contribution in [3.8, 4) is 0 Å². The van der Waals surface area contributed by atoms with Gasteiger partial charge in [0.15, 0.2) is 5.69 Å². The third-order valence-corrected chi connectivity index (χ3v) is 3.63. The molecule has 0 radical (unpaired) electrons. The number of nitrogen functional groups attached to an aromatic ring is 1. The molecule has 0 unspecified atom stereocenters. The maximum atomic E-state index is 13.6. The lowest BCUT2D eigenvalue weighted by Gasteiger charge is -2.29. The van der Waals surface area contributed by atoms with Gasteiger partial charge in [-0.15, -0.1) is 0 Å². The maximum Gasteiger partial charge on any atom is 0.463 e. The summed E-state index contributed by atoms with van der Waals surface area (Å²) in [6.07, 6.45) is -12.0. The monoisotopic (exact) mass is 511 g/mol. The molecule has 1 aromatic carbocycles. The fourth-order valence-corrected chi connectivity index (χ4v) is 2.12. The van der Waals surface area contributed by atoms with E-state index in [4.69, 9.17) is 40.5 Å². The smallest absolute Gasteiger partial charge is 0.397 e.